The second kappa shape index (κ2) is 15.4. The van der Waals surface area contributed by atoms with E-state index in [-0.39, 0.29) is 5.91 Å². The third-order valence-electron chi connectivity index (χ3n) is 5.56. The minimum absolute atomic E-state index is 0.0818. The predicted molar refractivity (Wildman–Crippen MR) is 144 cm³/mol. The number of carbonyl (C=O) groups excluding carboxylic acids is 1. The number of methoxy groups -OCH3 is 1. The summed E-state index contributed by atoms with van der Waals surface area (Å²) in [4.78, 5) is 32.4. The van der Waals surface area contributed by atoms with E-state index >= 15 is 0 Å². The van der Waals surface area contributed by atoms with E-state index in [0.29, 0.717) is 0 Å². The highest BCUT2D eigenvalue weighted by atomic mass is 32.1. The summed E-state index contributed by atoms with van der Waals surface area (Å²) in [5.41, 5.74) is 4.45. The quantitative estimate of drug-likeness (QED) is 0.293. The summed E-state index contributed by atoms with van der Waals surface area (Å²) in [6, 6.07) is 9.83. The lowest BCUT2D eigenvalue weighted by molar-refractivity contribution is -0.193. The van der Waals surface area contributed by atoms with E-state index in [1.54, 1.807) is 18.4 Å². The summed E-state index contributed by atoms with van der Waals surface area (Å²) in [5, 5.41) is 23.9. The van der Waals surface area contributed by atoms with Gasteiger partial charge in [-0.25, -0.2) is 9.59 Å². The van der Waals surface area contributed by atoms with Crippen LogP contribution >= 0.6 is 11.3 Å². The zero-order chi connectivity index (χ0) is 31.5. The van der Waals surface area contributed by atoms with Crippen molar-refractivity contribution in [3.8, 4) is 5.75 Å². The molecule has 0 fully saturated rings. The zero-order valence-electron chi connectivity index (χ0n) is 22.0. The average Bonchev–Trinajstić information content (AvgIpc) is 3.44. The summed E-state index contributed by atoms with van der Waals surface area (Å²) in [7, 11) is 1.67. The molecule has 0 atom stereocenters. The number of thiophene rings is 1. The first-order valence-corrected chi connectivity index (χ1v) is 12.9. The van der Waals surface area contributed by atoms with Crippen LogP contribution in [0.15, 0.2) is 42.5 Å². The highest BCUT2D eigenvalue weighted by molar-refractivity contribution is 7.15. The van der Waals surface area contributed by atoms with E-state index in [4.69, 9.17) is 24.5 Å². The molecule has 5 N–H and O–H groups in total. The van der Waals surface area contributed by atoms with E-state index < -0.39 is 24.3 Å². The lowest BCUT2D eigenvalue weighted by Crippen LogP contribution is -2.21. The van der Waals surface area contributed by atoms with Gasteiger partial charge in [-0.05, 0) is 61.3 Å². The number of hydrogen-bond donors (Lipinski definition) is 5. The van der Waals surface area contributed by atoms with Crippen LogP contribution in [0.25, 0.3) is 11.1 Å². The van der Waals surface area contributed by atoms with Crippen molar-refractivity contribution < 1.29 is 55.7 Å². The van der Waals surface area contributed by atoms with Gasteiger partial charge in [0.1, 0.15) is 5.75 Å². The number of amides is 1. The van der Waals surface area contributed by atoms with Gasteiger partial charge in [-0.3, -0.25) is 4.79 Å². The second-order valence-corrected chi connectivity index (χ2v) is 9.59. The van der Waals surface area contributed by atoms with Gasteiger partial charge in [-0.2, -0.15) is 26.3 Å². The largest absolute Gasteiger partial charge is 0.496 e. The molecular weight excluding hydrogens is 596 g/mol. The van der Waals surface area contributed by atoms with E-state index in [1.165, 1.54) is 16.0 Å². The van der Waals surface area contributed by atoms with Gasteiger partial charge in [0.15, 0.2) is 0 Å². The number of benzene rings is 1. The molecule has 0 unspecified atom stereocenters. The summed E-state index contributed by atoms with van der Waals surface area (Å²) in [6.07, 6.45) is -3.78. The lowest BCUT2D eigenvalue weighted by Gasteiger charge is -2.17. The van der Waals surface area contributed by atoms with Crippen molar-refractivity contribution in [1.82, 2.24) is 10.6 Å². The van der Waals surface area contributed by atoms with Crippen molar-refractivity contribution >= 4 is 46.0 Å². The molecule has 2 aliphatic heterocycles. The highest BCUT2D eigenvalue weighted by Crippen LogP contribution is 2.32. The van der Waals surface area contributed by atoms with Crippen molar-refractivity contribution in [2.75, 3.05) is 38.6 Å². The standard InChI is InChI=1S/C22H25N3O2S.2C2HF3O2/c1-27-19-14-17(2-3-18(19)15-6-10-23-11-7-15)25-22(26)21-5-4-20(28-21)16-8-12-24-13-9-16;2*3-2(4,5)1(6)7/h2-6,8,14,23-24H,7,9-13H2,1H3,(H,25,26);2*(H,6,7). The first kappa shape index (κ1) is 34.3. The molecule has 3 heterocycles. The number of carbonyl (C=O) groups is 3. The minimum atomic E-state index is -5.08. The Morgan fingerprint density at radius 3 is 1.83 bits per heavy atom. The van der Waals surface area contributed by atoms with Crippen molar-refractivity contribution in [1.29, 1.82) is 0 Å². The lowest BCUT2D eigenvalue weighted by atomic mass is 9.99. The van der Waals surface area contributed by atoms with Gasteiger partial charge in [0, 0.05) is 35.3 Å². The predicted octanol–water partition coefficient (Wildman–Crippen LogP) is 5.03. The fourth-order valence-corrected chi connectivity index (χ4v) is 4.54. The van der Waals surface area contributed by atoms with Gasteiger partial charge < -0.3 is 30.9 Å². The molecule has 230 valence electrons. The molecule has 0 bridgehead atoms. The summed E-state index contributed by atoms with van der Waals surface area (Å²) in [5.74, 6) is -4.81. The van der Waals surface area contributed by atoms with Crippen LogP contribution in [0.1, 0.15) is 33.0 Å². The molecule has 0 aliphatic carbocycles. The van der Waals surface area contributed by atoms with Gasteiger partial charge in [-0.1, -0.05) is 12.2 Å². The van der Waals surface area contributed by atoms with Crippen LogP contribution in [0.4, 0.5) is 32.0 Å². The first-order valence-electron chi connectivity index (χ1n) is 12.1. The smallest absolute Gasteiger partial charge is 0.490 e. The molecule has 0 radical (unpaired) electrons. The molecule has 9 nitrogen and oxygen atoms in total. The summed E-state index contributed by atoms with van der Waals surface area (Å²) < 4.78 is 69.1. The Hall–Kier alpha value is -3.89. The molecule has 0 saturated carbocycles. The number of alkyl halides is 6. The molecule has 2 aliphatic rings. The minimum Gasteiger partial charge on any atom is -0.496 e. The van der Waals surface area contributed by atoms with Crippen molar-refractivity contribution in [2.24, 2.45) is 0 Å². The fraction of sp³-hybridized carbons (Fsp3) is 0.346. The van der Waals surface area contributed by atoms with E-state index in [2.05, 4.69) is 28.1 Å². The van der Waals surface area contributed by atoms with Crippen LogP contribution in [-0.2, 0) is 9.59 Å². The van der Waals surface area contributed by atoms with Gasteiger partial charge >= 0.3 is 24.3 Å². The topological polar surface area (TPSA) is 137 Å². The molecule has 1 aromatic heterocycles. The molecule has 16 heteroatoms. The Kier molecular flexibility index (Phi) is 12.6. The van der Waals surface area contributed by atoms with Gasteiger partial charge in [0.05, 0.1) is 12.0 Å². The number of carboxylic acid groups (broad SMARTS) is 2. The Labute approximate surface area is 239 Å². The molecule has 1 aromatic carbocycles. The summed E-state index contributed by atoms with van der Waals surface area (Å²) >= 11 is 1.55. The number of carboxylic acids is 2. The Balaban J connectivity index is 0.000000367. The summed E-state index contributed by atoms with van der Waals surface area (Å²) in [6.45, 7) is 3.74. The molecule has 0 saturated heterocycles. The van der Waals surface area contributed by atoms with Gasteiger partial charge in [0.2, 0.25) is 0 Å². The molecule has 2 aromatic rings. The van der Waals surface area contributed by atoms with Crippen LogP contribution in [0.5, 0.6) is 5.75 Å². The number of rotatable bonds is 5. The number of aliphatic carboxylic acids is 2. The van der Waals surface area contributed by atoms with Crippen LogP contribution < -0.4 is 20.7 Å². The van der Waals surface area contributed by atoms with Crippen LogP contribution in [0.3, 0.4) is 0 Å². The van der Waals surface area contributed by atoms with Gasteiger partial charge in [-0.15, -0.1) is 11.3 Å². The van der Waals surface area contributed by atoms with E-state index in [0.717, 1.165) is 60.9 Å². The fourth-order valence-electron chi connectivity index (χ4n) is 3.57. The molecular formula is C26H27F6N3O6S. The maximum Gasteiger partial charge on any atom is 0.490 e. The number of hydrogen-bond acceptors (Lipinski definition) is 7. The molecule has 0 spiro atoms. The Morgan fingerprint density at radius 2 is 1.38 bits per heavy atom. The van der Waals surface area contributed by atoms with E-state index in [1.807, 2.05) is 30.3 Å². The highest BCUT2D eigenvalue weighted by Gasteiger charge is 2.38. The SMILES string of the molecule is COc1cc(NC(=O)c2ccc(C3=CCNCC3)s2)ccc1C1=CCNCC1.O=C(O)C(F)(F)F.O=C(O)C(F)(F)F. The molecule has 1 amide bonds. The third-order valence-corrected chi connectivity index (χ3v) is 6.72. The molecule has 4 rings (SSSR count). The Bertz CT molecular complexity index is 1300. The number of halogens is 6. The van der Waals surface area contributed by atoms with Crippen molar-refractivity contribution in [3.05, 3.63) is 57.8 Å². The number of nitrogens with one attached hydrogen (secondary N) is 3. The Morgan fingerprint density at radius 1 is 0.857 bits per heavy atom. The number of ether oxygens (including phenoxy) is 1. The van der Waals surface area contributed by atoms with Crippen LogP contribution in [-0.4, -0.2) is 73.7 Å². The second-order valence-electron chi connectivity index (χ2n) is 8.51. The van der Waals surface area contributed by atoms with E-state index in [9.17, 15) is 31.1 Å². The van der Waals surface area contributed by atoms with Crippen molar-refractivity contribution in [3.63, 3.8) is 0 Å². The van der Waals surface area contributed by atoms with Crippen molar-refractivity contribution in [2.45, 2.75) is 25.2 Å². The average molecular weight is 624 g/mol. The maximum atomic E-state index is 12.7. The zero-order valence-corrected chi connectivity index (χ0v) is 22.8. The maximum absolute atomic E-state index is 12.7. The third kappa shape index (κ3) is 10.8. The van der Waals surface area contributed by atoms with Crippen LogP contribution in [0, 0.1) is 0 Å². The van der Waals surface area contributed by atoms with Crippen LogP contribution in [0.2, 0.25) is 0 Å². The monoisotopic (exact) mass is 623 g/mol. The molecule has 42 heavy (non-hydrogen) atoms. The van der Waals surface area contributed by atoms with Gasteiger partial charge in [0.25, 0.3) is 5.91 Å². The number of anilines is 1. The first-order chi connectivity index (χ1) is 19.6. The normalized spacial score (nSPS) is 15.0.